The summed E-state index contributed by atoms with van der Waals surface area (Å²) in [6, 6.07) is 1.81. The second kappa shape index (κ2) is 4.12. The fourth-order valence-corrected chi connectivity index (χ4v) is 2.67. The van der Waals surface area contributed by atoms with Gasteiger partial charge in [-0.1, -0.05) is 0 Å². The van der Waals surface area contributed by atoms with E-state index in [0.717, 1.165) is 4.90 Å². The molecule has 1 N–H and O–H groups in total. The Balaban J connectivity index is 2.09. The van der Waals surface area contributed by atoms with E-state index in [9.17, 15) is 18.8 Å². The largest absolute Gasteiger partial charge is 0.335 e. The van der Waals surface area contributed by atoms with E-state index in [-0.39, 0.29) is 10.2 Å². The number of aryl methyl sites for hydroxylation is 1. The van der Waals surface area contributed by atoms with Crippen LogP contribution in [0.15, 0.2) is 16.6 Å². The number of halogens is 2. The van der Waals surface area contributed by atoms with Gasteiger partial charge in [-0.3, -0.25) is 14.9 Å². The van der Waals surface area contributed by atoms with Crippen LogP contribution in [0, 0.1) is 18.2 Å². The first-order valence-electron chi connectivity index (χ1n) is 6.02. The number of rotatable bonds is 1. The van der Waals surface area contributed by atoms with Gasteiger partial charge in [-0.05, 0) is 53.4 Å². The third-order valence-electron chi connectivity index (χ3n) is 3.70. The van der Waals surface area contributed by atoms with E-state index in [1.54, 1.807) is 6.92 Å². The highest BCUT2D eigenvalue weighted by atomic mass is 79.9. The average molecular weight is 341 g/mol. The Morgan fingerprint density at radius 3 is 2.55 bits per heavy atom. The average Bonchev–Trinajstić information content (AvgIpc) is 3.15. The van der Waals surface area contributed by atoms with Crippen LogP contribution in [0.1, 0.15) is 18.4 Å². The molecule has 0 aromatic heterocycles. The number of barbiturate groups is 1. The van der Waals surface area contributed by atoms with Crippen molar-refractivity contribution in [3.63, 3.8) is 0 Å². The standard InChI is InChI=1S/C13H10BrFN2O3/c1-6-4-8(15)7(14)5-9(6)17-11(19)13(2-3-13)10(18)16-12(17)20/h4-5H,2-3H2,1H3,(H,16,18,20). The molecule has 0 unspecified atom stereocenters. The molecule has 4 amide bonds. The molecule has 1 aliphatic carbocycles. The summed E-state index contributed by atoms with van der Waals surface area (Å²) in [4.78, 5) is 37.0. The number of nitrogens with one attached hydrogen (secondary N) is 1. The molecule has 2 aliphatic rings. The third-order valence-corrected chi connectivity index (χ3v) is 4.31. The van der Waals surface area contributed by atoms with E-state index < -0.39 is 29.1 Å². The highest BCUT2D eigenvalue weighted by Crippen LogP contribution is 2.50. The Kier molecular flexibility index (Phi) is 2.72. The van der Waals surface area contributed by atoms with Crippen LogP contribution in [-0.2, 0) is 9.59 Å². The number of hydrogen-bond acceptors (Lipinski definition) is 3. The second-order valence-electron chi connectivity index (χ2n) is 5.03. The van der Waals surface area contributed by atoms with Crippen LogP contribution in [0.3, 0.4) is 0 Å². The lowest BCUT2D eigenvalue weighted by Gasteiger charge is -2.31. The number of urea groups is 1. The van der Waals surface area contributed by atoms with Gasteiger partial charge in [0, 0.05) is 0 Å². The minimum Gasteiger partial charge on any atom is -0.276 e. The lowest BCUT2D eigenvalue weighted by atomic mass is 10.0. The van der Waals surface area contributed by atoms with Crippen LogP contribution in [0.25, 0.3) is 0 Å². The first-order valence-corrected chi connectivity index (χ1v) is 6.82. The summed E-state index contributed by atoms with van der Waals surface area (Å²) in [7, 11) is 0. The van der Waals surface area contributed by atoms with Gasteiger partial charge in [0.1, 0.15) is 11.2 Å². The zero-order chi connectivity index (χ0) is 14.7. The van der Waals surface area contributed by atoms with Gasteiger partial charge in [0.25, 0.3) is 5.91 Å². The SMILES string of the molecule is Cc1cc(F)c(Br)cc1N1C(=O)NC(=O)C2(CC2)C1=O. The molecule has 5 nitrogen and oxygen atoms in total. The number of carbonyl (C=O) groups excluding carboxylic acids is 3. The summed E-state index contributed by atoms with van der Waals surface area (Å²) < 4.78 is 13.6. The summed E-state index contributed by atoms with van der Waals surface area (Å²) in [5.74, 6) is -1.55. The highest BCUT2D eigenvalue weighted by Gasteiger charge is 2.62. The Morgan fingerprint density at radius 1 is 1.30 bits per heavy atom. The van der Waals surface area contributed by atoms with Crippen LogP contribution in [-0.4, -0.2) is 17.8 Å². The van der Waals surface area contributed by atoms with Crippen LogP contribution in [0.2, 0.25) is 0 Å². The molecule has 0 radical (unpaired) electrons. The van der Waals surface area contributed by atoms with Crippen molar-refractivity contribution in [1.82, 2.24) is 5.32 Å². The number of anilines is 1. The molecule has 104 valence electrons. The van der Waals surface area contributed by atoms with Gasteiger partial charge in [0.15, 0.2) is 0 Å². The fraction of sp³-hybridized carbons (Fsp3) is 0.308. The van der Waals surface area contributed by atoms with Crippen molar-refractivity contribution in [2.45, 2.75) is 19.8 Å². The van der Waals surface area contributed by atoms with E-state index in [0.29, 0.717) is 18.4 Å². The Labute approximate surface area is 122 Å². The molecule has 0 bridgehead atoms. The van der Waals surface area contributed by atoms with Crippen molar-refractivity contribution >= 4 is 39.5 Å². The van der Waals surface area contributed by atoms with E-state index in [1.807, 2.05) is 0 Å². The summed E-state index contributed by atoms with van der Waals surface area (Å²) in [5, 5.41) is 2.19. The fourth-order valence-electron chi connectivity index (χ4n) is 2.34. The van der Waals surface area contributed by atoms with Crippen LogP contribution in [0.4, 0.5) is 14.9 Å². The first kappa shape index (κ1) is 13.2. The van der Waals surface area contributed by atoms with Crippen LogP contribution < -0.4 is 10.2 Å². The maximum atomic E-state index is 13.4. The number of nitrogens with zero attached hydrogens (tertiary/aromatic N) is 1. The predicted octanol–water partition coefficient (Wildman–Crippen LogP) is 2.26. The van der Waals surface area contributed by atoms with Gasteiger partial charge in [0.05, 0.1) is 10.2 Å². The van der Waals surface area contributed by atoms with E-state index in [2.05, 4.69) is 21.2 Å². The molecule has 0 atom stereocenters. The lowest BCUT2D eigenvalue weighted by molar-refractivity contribution is -0.136. The minimum absolute atomic E-state index is 0.153. The topological polar surface area (TPSA) is 66.5 Å². The van der Waals surface area contributed by atoms with Crippen molar-refractivity contribution in [3.05, 3.63) is 28.0 Å². The minimum atomic E-state index is -1.11. The third kappa shape index (κ3) is 1.69. The van der Waals surface area contributed by atoms with E-state index in [4.69, 9.17) is 0 Å². The number of carbonyl (C=O) groups is 3. The molecular formula is C13H10BrFN2O3. The van der Waals surface area contributed by atoms with Crippen molar-refractivity contribution in [2.24, 2.45) is 5.41 Å². The molecule has 2 fully saturated rings. The first-order chi connectivity index (χ1) is 9.36. The molecule has 1 aromatic carbocycles. The second-order valence-corrected chi connectivity index (χ2v) is 5.89. The highest BCUT2D eigenvalue weighted by molar-refractivity contribution is 9.10. The van der Waals surface area contributed by atoms with Gasteiger partial charge in [-0.15, -0.1) is 0 Å². The van der Waals surface area contributed by atoms with E-state index >= 15 is 0 Å². The van der Waals surface area contributed by atoms with Gasteiger partial charge < -0.3 is 0 Å². The number of amides is 4. The number of benzene rings is 1. The van der Waals surface area contributed by atoms with Crippen molar-refractivity contribution < 1.29 is 18.8 Å². The monoisotopic (exact) mass is 340 g/mol. The molecule has 7 heteroatoms. The zero-order valence-electron chi connectivity index (χ0n) is 10.5. The molecule has 1 aliphatic heterocycles. The molecule has 1 saturated heterocycles. The van der Waals surface area contributed by atoms with Gasteiger partial charge >= 0.3 is 6.03 Å². The molecule has 1 heterocycles. The molecule has 3 rings (SSSR count). The van der Waals surface area contributed by atoms with Crippen LogP contribution >= 0.6 is 15.9 Å². The smallest absolute Gasteiger partial charge is 0.276 e. The molecule has 1 aromatic rings. The molecule has 20 heavy (non-hydrogen) atoms. The molecule has 1 spiro atoms. The number of imide groups is 2. The van der Waals surface area contributed by atoms with Crippen LogP contribution in [0.5, 0.6) is 0 Å². The molecule has 1 saturated carbocycles. The maximum Gasteiger partial charge on any atom is 0.335 e. The quantitative estimate of drug-likeness (QED) is 0.797. The number of hydrogen-bond donors (Lipinski definition) is 1. The van der Waals surface area contributed by atoms with Gasteiger partial charge in [0.2, 0.25) is 5.91 Å². The van der Waals surface area contributed by atoms with Crippen molar-refractivity contribution in [1.29, 1.82) is 0 Å². The van der Waals surface area contributed by atoms with Crippen molar-refractivity contribution in [3.8, 4) is 0 Å². The normalized spacial score (nSPS) is 20.4. The van der Waals surface area contributed by atoms with Crippen molar-refractivity contribution in [2.75, 3.05) is 4.90 Å². The molecular weight excluding hydrogens is 331 g/mol. The summed E-state index contributed by atoms with van der Waals surface area (Å²) in [5.41, 5.74) is -0.389. The zero-order valence-corrected chi connectivity index (χ0v) is 12.1. The van der Waals surface area contributed by atoms with E-state index in [1.165, 1.54) is 12.1 Å². The maximum absolute atomic E-state index is 13.4. The summed E-state index contributed by atoms with van der Waals surface area (Å²) in [6.07, 6.45) is 0.867. The predicted molar refractivity (Wildman–Crippen MR) is 71.5 cm³/mol. The Hall–Kier alpha value is -1.76. The van der Waals surface area contributed by atoms with Gasteiger partial charge in [-0.2, -0.15) is 0 Å². The lowest BCUT2D eigenvalue weighted by Crippen LogP contribution is -2.59. The Bertz CT molecular complexity index is 670. The summed E-state index contributed by atoms with van der Waals surface area (Å²) in [6.45, 7) is 1.60. The van der Waals surface area contributed by atoms with Gasteiger partial charge in [-0.25, -0.2) is 14.1 Å². The Morgan fingerprint density at radius 2 is 1.95 bits per heavy atom. The summed E-state index contributed by atoms with van der Waals surface area (Å²) >= 11 is 3.03.